The molecule has 5 heteroatoms. The Kier molecular flexibility index (Phi) is 4.57. The van der Waals surface area contributed by atoms with Gasteiger partial charge in [0.25, 0.3) is 0 Å². The Bertz CT molecular complexity index is 615. The predicted octanol–water partition coefficient (Wildman–Crippen LogP) is 4.25. The van der Waals surface area contributed by atoms with E-state index in [2.05, 4.69) is 0 Å². The van der Waals surface area contributed by atoms with Gasteiger partial charge in [-0.15, -0.1) is 0 Å². The van der Waals surface area contributed by atoms with E-state index >= 15 is 0 Å². The first-order chi connectivity index (χ1) is 9.47. The topological polar surface area (TPSA) is 29.5 Å². The van der Waals surface area contributed by atoms with Crippen LogP contribution in [0, 0.1) is 11.6 Å². The van der Waals surface area contributed by atoms with Gasteiger partial charge < -0.3 is 9.84 Å². The molecule has 0 radical (unpaired) electrons. The highest BCUT2D eigenvalue weighted by Crippen LogP contribution is 2.27. The zero-order chi connectivity index (χ0) is 14.7. The molecule has 0 spiro atoms. The maximum absolute atomic E-state index is 13.2. The standard InChI is InChI=1S/C15H13ClF2O2/c1-9(19)13-5-4-12(18)7-15(13)20-8-10-2-3-11(17)6-14(10)16/h2-7,9,19H,8H2,1H3. The molecule has 0 aliphatic carbocycles. The van der Waals surface area contributed by atoms with Crippen LogP contribution < -0.4 is 4.74 Å². The van der Waals surface area contributed by atoms with Crippen molar-refractivity contribution in [2.24, 2.45) is 0 Å². The van der Waals surface area contributed by atoms with Crippen molar-refractivity contribution >= 4 is 11.6 Å². The molecule has 0 saturated carbocycles. The van der Waals surface area contributed by atoms with E-state index in [1.54, 1.807) is 6.92 Å². The van der Waals surface area contributed by atoms with Gasteiger partial charge in [-0.3, -0.25) is 0 Å². The molecular formula is C15H13ClF2O2. The zero-order valence-electron chi connectivity index (χ0n) is 10.7. The van der Waals surface area contributed by atoms with Crippen LogP contribution in [0.15, 0.2) is 36.4 Å². The lowest BCUT2D eigenvalue weighted by molar-refractivity contribution is 0.190. The van der Waals surface area contributed by atoms with E-state index in [0.717, 1.165) is 0 Å². The maximum Gasteiger partial charge on any atom is 0.128 e. The van der Waals surface area contributed by atoms with Crippen LogP contribution in [0.2, 0.25) is 5.02 Å². The first-order valence-electron chi connectivity index (χ1n) is 6.01. The molecular weight excluding hydrogens is 286 g/mol. The minimum absolute atomic E-state index is 0.0578. The van der Waals surface area contributed by atoms with Crippen molar-refractivity contribution in [1.29, 1.82) is 0 Å². The second kappa shape index (κ2) is 6.20. The number of hydrogen-bond donors (Lipinski definition) is 1. The molecule has 2 nitrogen and oxygen atoms in total. The molecule has 2 aromatic carbocycles. The van der Waals surface area contributed by atoms with Gasteiger partial charge >= 0.3 is 0 Å². The molecule has 2 rings (SSSR count). The Morgan fingerprint density at radius 3 is 2.45 bits per heavy atom. The molecule has 1 N–H and O–H groups in total. The van der Waals surface area contributed by atoms with Gasteiger partial charge in [-0.25, -0.2) is 8.78 Å². The Morgan fingerprint density at radius 2 is 1.80 bits per heavy atom. The van der Waals surface area contributed by atoms with Crippen molar-refractivity contribution in [1.82, 2.24) is 0 Å². The molecule has 0 aliphatic rings. The molecule has 20 heavy (non-hydrogen) atoms. The summed E-state index contributed by atoms with van der Waals surface area (Å²) >= 11 is 5.89. The SMILES string of the molecule is CC(O)c1ccc(F)cc1OCc1ccc(F)cc1Cl. The smallest absolute Gasteiger partial charge is 0.128 e. The van der Waals surface area contributed by atoms with Crippen molar-refractivity contribution in [3.63, 3.8) is 0 Å². The van der Waals surface area contributed by atoms with Crippen molar-refractivity contribution in [3.8, 4) is 5.75 Å². The third-order valence-corrected chi connectivity index (χ3v) is 3.18. The van der Waals surface area contributed by atoms with E-state index in [9.17, 15) is 13.9 Å². The molecule has 0 amide bonds. The van der Waals surface area contributed by atoms with Crippen LogP contribution in [0.3, 0.4) is 0 Å². The Hall–Kier alpha value is -1.65. The van der Waals surface area contributed by atoms with Gasteiger partial charge in [0.2, 0.25) is 0 Å². The van der Waals surface area contributed by atoms with Crippen LogP contribution in [-0.2, 0) is 6.61 Å². The van der Waals surface area contributed by atoms with Gasteiger partial charge in [0.15, 0.2) is 0 Å². The zero-order valence-corrected chi connectivity index (χ0v) is 11.5. The Morgan fingerprint density at radius 1 is 1.15 bits per heavy atom. The van der Waals surface area contributed by atoms with E-state index in [-0.39, 0.29) is 17.4 Å². The minimum Gasteiger partial charge on any atom is -0.488 e. The summed E-state index contributed by atoms with van der Waals surface area (Å²) in [5.74, 6) is -0.663. The predicted molar refractivity (Wildman–Crippen MR) is 72.8 cm³/mol. The first-order valence-corrected chi connectivity index (χ1v) is 6.39. The average Bonchev–Trinajstić information content (AvgIpc) is 2.37. The van der Waals surface area contributed by atoms with Gasteiger partial charge in [-0.2, -0.15) is 0 Å². The number of hydrogen-bond acceptors (Lipinski definition) is 2. The van der Waals surface area contributed by atoms with Crippen molar-refractivity contribution < 1.29 is 18.6 Å². The molecule has 1 unspecified atom stereocenters. The highest BCUT2D eigenvalue weighted by Gasteiger charge is 2.11. The quantitative estimate of drug-likeness (QED) is 0.914. The second-order valence-electron chi connectivity index (χ2n) is 4.38. The highest BCUT2D eigenvalue weighted by atomic mass is 35.5. The summed E-state index contributed by atoms with van der Waals surface area (Å²) in [6.45, 7) is 1.62. The number of ether oxygens (including phenoxy) is 1. The summed E-state index contributed by atoms with van der Waals surface area (Å²) in [7, 11) is 0. The lowest BCUT2D eigenvalue weighted by Gasteiger charge is -2.14. The van der Waals surface area contributed by atoms with E-state index < -0.39 is 17.7 Å². The lowest BCUT2D eigenvalue weighted by Crippen LogP contribution is -2.02. The first kappa shape index (κ1) is 14.8. The molecule has 106 valence electrons. The summed E-state index contributed by atoms with van der Waals surface area (Å²) in [5.41, 5.74) is 1.05. The molecule has 0 fully saturated rings. The maximum atomic E-state index is 13.2. The van der Waals surface area contributed by atoms with Crippen molar-refractivity contribution in [2.45, 2.75) is 19.6 Å². The molecule has 0 aromatic heterocycles. The highest BCUT2D eigenvalue weighted by molar-refractivity contribution is 6.31. The number of benzene rings is 2. The number of aliphatic hydroxyl groups is 1. The van der Waals surface area contributed by atoms with Crippen molar-refractivity contribution in [3.05, 3.63) is 64.2 Å². The van der Waals surface area contributed by atoms with Crippen LogP contribution in [0.5, 0.6) is 5.75 Å². The third-order valence-electron chi connectivity index (χ3n) is 2.82. The fourth-order valence-corrected chi connectivity index (χ4v) is 1.99. The normalized spacial score (nSPS) is 12.2. The number of rotatable bonds is 4. The van der Waals surface area contributed by atoms with Crippen LogP contribution >= 0.6 is 11.6 Å². The number of aliphatic hydroxyl groups excluding tert-OH is 1. The second-order valence-corrected chi connectivity index (χ2v) is 4.79. The van der Waals surface area contributed by atoms with Crippen LogP contribution in [0.1, 0.15) is 24.2 Å². The van der Waals surface area contributed by atoms with E-state index in [1.807, 2.05) is 0 Å². The average molecular weight is 299 g/mol. The fourth-order valence-electron chi connectivity index (χ4n) is 1.77. The molecule has 0 bridgehead atoms. The summed E-state index contributed by atoms with van der Waals surface area (Å²) in [6.07, 6.45) is -0.783. The largest absolute Gasteiger partial charge is 0.488 e. The van der Waals surface area contributed by atoms with Crippen LogP contribution in [-0.4, -0.2) is 5.11 Å². The fraction of sp³-hybridized carbons (Fsp3) is 0.200. The molecule has 0 saturated heterocycles. The summed E-state index contributed by atoms with van der Waals surface area (Å²) in [5, 5.41) is 9.84. The molecule has 1 atom stereocenters. The van der Waals surface area contributed by atoms with Gasteiger partial charge in [0.1, 0.15) is 24.0 Å². The Labute approximate surface area is 120 Å². The lowest BCUT2D eigenvalue weighted by atomic mass is 10.1. The number of halogens is 3. The monoisotopic (exact) mass is 298 g/mol. The third kappa shape index (κ3) is 3.46. The van der Waals surface area contributed by atoms with Crippen LogP contribution in [0.25, 0.3) is 0 Å². The summed E-state index contributed by atoms with van der Waals surface area (Å²) in [4.78, 5) is 0. The van der Waals surface area contributed by atoms with Gasteiger partial charge in [0.05, 0.1) is 11.1 Å². The summed E-state index contributed by atoms with van der Waals surface area (Å²) < 4.78 is 31.6. The van der Waals surface area contributed by atoms with E-state index in [4.69, 9.17) is 16.3 Å². The Balaban J connectivity index is 2.20. The molecule has 0 aliphatic heterocycles. The summed E-state index contributed by atoms with van der Waals surface area (Å²) in [6, 6.07) is 7.85. The molecule has 0 heterocycles. The minimum atomic E-state index is -0.783. The van der Waals surface area contributed by atoms with E-state index in [1.165, 1.54) is 36.4 Å². The van der Waals surface area contributed by atoms with Gasteiger partial charge in [-0.05, 0) is 31.2 Å². The van der Waals surface area contributed by atoms with Gasteiger partial charge in [-0.1, -0.05) is 17.7 Å². The van der Waals surface area contributed by atoms with E-state index in [0.29, 0.717) is 11.1 Å². The van der Waals surface area contributed by atoms with Crippen molar-refractivity contribution in [2.75, 3.05) is 0 Å². The van der Waals surface area contributed by atoms with Crippen LogP contribution in [0.4, 0.5) is 8.78 Å². The molecule has 2 aromatic rings. The van der Waals surface area contributed by atoms with Gasteiger partial charge in [0, 0.05) is 17.2 Å².